The number of rotatable bonds is 4. The lowest BCUT2D eigenvalue weighted by atomic mass is 9.93. The number of carbonyl (C=O) groups is 1. The van der Waals surface area contributed by atoms with E-state index in [1.54, 1.807) is 18.2 Å². The maximum absolute atomic E-state index is 13.4. The van der Waals surface area contributed by atoms with E-state index in [2.05, 4.69) is 10.2 Å². The van der Waals surface area contributed by atoms with Crippen molar-refractivity contribution in [1.82, 2.24) is 15.1 Å². The van der Waals surface area contributed by atoms with Crippen LogP contribution in [0.3, 0.4) is 0 Å². The zero-order chi connectivity index (χ0) is 20.0. The number of amides is 1. The monoisotopic (exact) mass is 381 g/mol. The Morgan fingerprint density at radius 3 is 2.57 bits per heavy atom. The highest BCUT2D eigenvalue weighted by molar-refractivity contribution is 6.00. The van der Waals surface area contributed by atoms with E-state index in [9.17, 15) is 19.4 Å². The molecule has 1 amide bonds. The van der Waals surface area contributed by atoms with Gasteiger partial charge < -0.3 is 15.1 Å². The lowest BCUT2D eigenvalue weighted by Crippen LogP contribution is -2.32. The lowest BCUT2D eigenvalue weighted by Gasteiger charge is -2.25. The first-order chi connectivity index (χ1) is 13.4. The second-order valence-electron chi connectivity index (χ2n) is 7.01. The number of nitrogens with zero attached hydrogens (tertiary/aromatic N) is 2. The molecule has 1 atom stereocenters. The fraction of sp³-hybridized carbons (Fsp3) is 0.238. The van der Waals surface area contributed by atoms with Crippen LogP contribution in [0, 0.1) is 19.7 Å². The number of carbonyl (C=O) groups excluding carboxylic acids is 1. The van der Waals surface area contributed by atoms with Crippen LogP contribution in [0.4, 0.5) is 4.39 Å². The van der Waals surface area contributed by atoms with Gasteiger partial charge >= 0.3 is 0 Å². The predicted molar refractivity (Wildman–Crippen MR) is 102 cm³/mol. The molecule has 7 heteroatoms. The van der Waals surface area contributed by atoms with Crippen LogP contribution in [0.1, 0.15) is 38.8 Å². The average Bonchev–Trinajstić information content (AvgIpc) is 3.16. The molecule has 28 heavy (non-hydrogen) atoms. The molecule has 1 aliphatic heterocycles. The molecule has 0 radical (unpaired) electrons. The molecule has 0 aliphatic carbocycles. The van der Waals surface area contributed by atoms with Crippen molar-refractivity contribution in [2.24, 2.45) is 0 Å². The van der Waals surface area contributed by atoms with Crippen molar-refractivity contribution in [3.05, 3.63) is 70.2 Å². The van der Waals surface area contributed by atoms with Crippen LogP contribution in [0.5, 0.6) is 5.75 Å². The molecule has 2 heterocycles. The maximum Gasteiger partial charge on any atom is 0.273 e. The zero-order valence-corrected chi connectivity index (χ0v) is 15.5. The summed E-state index contributed by atoms with van der Waals surface area (Å²) >= 11 is 0. The second kappa shape index (κ2) is 6.76. The van der Waals surface area contributed by atoms with Crippen molar-refractivity contribution < 1.29 is 19.4 Å². The summed E-state index contributed by atoms with van der Waals surface area (Å²) < 4.78 is 13.4. The van der Waals surface area contributed by atoms with Gasteiger partial charge in [0.1, 0.15) is 23.0 Å². The number of aliphatic hydroxyl groups is 1. The van der Waals surface area contributed by atoms with Gasteiger partial charge in [-0.1, -0.05) is 18.2 Å². The molecule has 0 fully saturated rings. The van der Waals surface area contributed by atoms with Crippen molar-refractivity contribution in [1.29, 1.82) is 0 Å². The largest absolute Gasteiger partial charge is 0.507 e. The van der Waals surface area contributed by atoms with Crippen LogP contribution in [0.2, 0.25) is 0 Å². The first-order valence-corrected chi connectivity index (χ1v) is 8.98. The smallest absolute Gasteiger partial charge is 0.273 e. The van der Waals surface area contributed by atoms with Crippen LogP contribution < -0.4 is 0 Å². The Kier molecular flexibility index (Phi) is 4.39. The quantitative estimate of drug-likeness (QED) is 0.648. The highest BCUT2D eigenvalue weighted by Gasteiger charge is 2.42. The van der Waals surface area contributed by atoms with Gasteiger partial charge in [-0.05, 0) is 48.7 Å². The summed E-state index contributed by atoms with van der Waals surface area (Å²) in [7, 11) is 0. The van der Waals surface area contributed by atoms with Crippen molar-refractivity contribution in [3.63, 3.8) is 0 Å². The SMILES string of the molecule is Cc1cc(C)c(-c2n[nH]c3c2C(c2ccc(F)cc2)N(CCO)C3=O)c(O)c1. The molecule has 1 aromatic heterocycles. The Labute approximate surface area is 161 Å². The third-order valence-corrected chi connectivity index (χ3v) is 5.09. The number of aliphatic hydroxyl groups excluding tert-OH is 1. The normalized spacial score (nSPS) is 15.9. The number of hydrogen-bond acceptors (Lipinski definition) is 4. The Bertz CT molecular complexity index is 1040. The molecule has 144 valence electrons. The molecule has 0 saturated carbocycles. The molecule has 3 aromatic rings. The summed E-state index contributed by atoms with van der Waals surface area (Å²) in [6.07, 6.45) is 0. The molecule has 0 bridgehead atoms. The number of fused-ring (bicyclic) bond motifs is 1. The Morgan fingerprint density at radius 2 is 1.93 bits per heavy atom. The predicted octanol–water partition coefficient (Wildman–Crippen LogP) is 3.08. The fourth-order valence-corrected chi connectivity index (χ4v) is 3.97. The van der Waals surface area contributed by atoms with Gasteiger partial charge in [0, 0.05) is 17.7 Å². The molecular formula is C21H20FN3O3. The van der Waals surface area contributed by atoms with E-state index in [-0.39, 0.29) is 30.6 Å². The average molecular weight is 381 g/mol. The standard InChI is InChI=1S/C21H20FN3O3/c1-11-9-12(2)16(15(27)10-11)18-17-19(24-23-18)21(28)25(7-8-26)20(17)13-3-5-14(22)6-4-13/h3-6,9-10,20,26-27H,7-8H2,1-2H3,(H,23,24). The van der Waals surface area contributed by atoms with E-state index < -0.39 is 6.04 Å². The minimum atomic E-state index is -0.538. The van der Waals surface area contributed by atoms with Crippen LogP contribution >= 0.6 is 0 Å². The number of halogens is 1. The number of H-pyrrole nitrogens is 1. The van der Waals surface area contributed by atoms with E-state index in [1.165, 1.54) is 17.0 Å². The summed E-state index contributed by atoms with van der Waals surface area (Å²) in [6.45, 7) is 3.69. The second-order valence-corrected chi connectivity index (χ2v) is 7.01. The van der Waals surface area contributed by atoms with Crippen molar-refractivity contribution in [2.75, 3.05) is 13.2 Å². The summed E-state index contributed by atoms with van der Waals surface area (Å²) in [4.78, 5) is 14.4. The van der Waals surface area contributed by atoms with Crippen LogP contribution in [-0.2, 0) is 0 Å². The van der Waals surface area contributed by atoms with E-state index in [4.69, 9.17) is 0 Å². The number of aromatic amines is 1. The number of aromatic hydroxyl groups is 1. The van der Waals surface area contributed by atoms with Gasteiger partial charge in [0.25, 0.3) is 5.91 Å². The highest BCUT2D eigenvalue weighted by atomic mass is 19.1. The van der Waals surface area contributed by atoms with Gasteiger partial charge in [-0.3, -0.25) is 9.89 Å². The molecule has 6 nitrogen and oxygen atoms in total. The Morgan fingerprint density at radius 1 is 1.21 bits per heavy atom. The minimum Gasteiger partial charge on any atom is -0.507 e. The first kappa shape index (κ1) is 18.2. The summed E-state index contributed by atoms with van der Waals surface area (Å²) in [5.41, 5.74) is 4.41. The number of benzene rings is 2. The minimum absolute atomic E-state index is 0.0812. The molecule has 2 aromatic carbocycles. The van der Waals surface area contributed by atoms with E-state index in [1.807, 2.05) is 19.9 Å². The van der Waals surface area contributed by atoms with Gasteiger partial charge in [0.2, 0.25) is 0 Å². The molecule has 1 unspecified atom stereocenters. The number of phenols is 1. The third kappa shape index (κ3) is 2.75. The number of phenolic OH excluding ortho intramolecular Hbond substituents is 1. The van der Waals surface area contributed by atoms with Crippen LogP contribution in [0.15, 0.2) is 36.4 Å². The molecular weight excluding hydrogens is 361 g/mol. The van der Waals surface area contributed by atoms with E-state index in [0.29, 0.717) is 28.1 Å². The molecule has 3 N–H and O–H groups in total. The summed E-state index contributed by atoms with van der Waals surface area (Å²) in [5.74, 6) is -0.583. The van der Waals surface area contributed by atoms with Crippen LogP contribution in [0.25, 0.3) is 11.3 Å². The van der Waals surface area contributed by atoms with Gasteiger partial charge in [-0.15, -0.1) is 0 Å². The van der Waals surface area contributed by atoms with Crippen molar-refractivity contribution in [2.45, 2.75) is 19.9 Å². The number of aryl methyl sites for hydroxylation is 2. The van der Waals surface area contributed by atoms with Gasteiger partial charge in [0.15, 0.2) is 0 Å². The lowest BCUT2D eigenvalue weighted by molar-refractivity contribution is 0.0706. The van der Waals surface area contributed by atoms with E-state index >= 15 is 0 Å². The summed E-state index contributed by atoms with van der Waals surface area (Å²) in [5, 5.41) is 27.1. The molecule has 0 saturated heterocycles. The maximum atomic E-state index is 13.4. The number of hydrogen-bond donors (Lipinski definition) is 3. The molecule has 4 rings (SSSR count). The Hall–Kier alpha value is -3.19. The van der Waals surface area contributed by atoms with Crippen molar-refractivity contribution in [3.8, 4) is 17.0 Å². The zero-order valence-electron chi connectivity index (χ0n) is 15.5. The molecule has 1 aliphatic rings. The summed E-state index contributed by atoms with van der Waals surface area (Å²) in [6, 6.07) is 8.96. The van der Waals surface area contributed by atoms with E-state index in [0.717, 1.165) is 11.1 Å². The number of aromatic nitrogens is 2. The Balaban J connectivity index is 1.94. The first-order valence-electron chi connectivity index (χ1n) is 8.98. The van der Waals surface area contributed by atoms with Crippen LogP contribution in [-0.4, -0.2) is 44.4 Å². The van der Waals surface area contributed by atoms with Gasteiger partial charge in [0.05, 0.1) is 12.6 Å². The van der Waals surface area contributed by atoms with Gasteiger partial charge in [-0.25, -0.2) is 4.39 Å². The fourth-order valence-electron chi connectivity index (χ4n) is 3.97. The topological polar surface area (TPSA) is 89.5 Å². The van der Waals surface area contributed by atoms with Crippen molar-refractivity contribution >= 4 is 5.91 Å². The number of nitrogens with one attached hydrogen (secondary N) is 1. The molecule has 0 spiro atoms. The van der Waals surface area contributed by atoms with Gasteiger partial charge in [-0.2, -0.15) is 5.10 Å². The third-order valence-electron chi connectivity index (χ3n) is 5.09. The highest BCUT2D eigenvalue weighted by Crippen LogP contribution is 2.45. The number of β-amino-alcohol motifs (C(OH)–C–C–N with tert-alkyl or cyclic N) is 1.